The van der Waals surface area contributed by atoms with E-state index in [1.807, 2.05) is 6.07 Å². The van der Waals surface area contributed by atoms with Gasteiger partial charge in [-0.25, -0.2) is 0 Å². The Kier molecular flexibility index (Phi) is 3.62. The Morgan fingerprint density at radius 3 is 2.63 bits per heavy atom. The zero-order chi connectivity index (χ0) is 13.1. The van der Waals surface area contributed by atoms with Gasteiger partial charge in [-0.05, 0) is 50.2 Å². The van der Waals surface area contributed by atoms with Gasteiger partial charge in [-0.15, -0.1) is 10.2 Å². The predicted octanol–water partition coefficient (Wildman–Crippen LogP) is 1.61. The van der Waals surface area contributed by atoms with Crippen LogP contribution in [0.15, 0.2) is 12.1 Å². The van der Waals surface area contributed by atoms with Crippen molar-refractivity contribution in [3.63, 3.8) is 0 Å². The van der Waals surface area contributed by atoms with Crippen LogP contribution in [0.4, 0.5) is 5.82 Å². The van der Waals surface area contributed by atoms with E-state index in [0.29, 0.717) is 11.6 Å². The molecule has 1 aromatic heterocycles. The van der Waals surface area contributed by atoms with Crippen LogP contribution in [0.5, 0.6) is 0 Å². The molecule has 19 heavy (non-hydrogen) atoms. The summed E-state index contributed by atoms with van der Waals surface area (Å²) in [5, 5.41) is 11.1. The van der Waals surface area contributed by atoms with Crippen molar-refractivity contribution >= 4 is 11.7 Å². The molecule has 2 heterocycles. The van der Waals surface area contributed by atoms with E-state index in [4.69, 9.17) is 0 Å². The third kappa shape index (κ3) is 3.22. The average molecular weight is 260 g/mol. The molecule has 0 aromatic carbocycles. The number of rotatable bonds is 4. The van der Waals surface area contributed by atoms with Crippen LogP contribution in [-0.2, 0) is 0 Å². The highest BCUT2D eigenvalue weighted by molar-refractivity contribution is 5.92. The Morgan fingerprint density at radius 1 is 1.21 bits per heavy atom. The van der Waals surface area contributed by atoms with Crippen molar-refractivity contribution in [3.05, 3.63) is 17.8 Å². The van der Waals surface area contributed by atoms with Crippen LogP contribution in [-0.4, -0.2) is 35.7 Å². The maximum Gasteiger partial charge on any atom is 0.271 e. The SMILES string of the molecule is O=C(NCC1CC1)c1ccc(N2CCCCC2)nn1. The highest BCUT2D eigenvalue weighted by Gasteiger charge is 2.22. The van der Waals surface area contributed by atoms with Crippen LogP contribution in [0, 0.1) is 5.92 Å². The number of nitrogens with zero attached hydrogens (tertiary/aromatic N) is 3. The van der Waals surface area contributed by atoms with Gasteiger partial charge in [0, 0.05) is 19.6 Å². The molecule has 0 bridgehead atoms. The van der Waals surface area contributed by atoms with Gasteiger partial charge in [-0.2, -0.15) is 0 Å². The Bertz CT molecular complexity index is 435. The fourth-order valence-corrected chi connectivity index (χ4v) is 2.39. The molecule has 1 aliphatic carbocycles. The maximum atomic E-state index is 11.8. The van der Waals surface area contributed by atoms with Gasteiger partial charge in [0.1, 0.15) is 0 Å². The van der Waals surface area contributed by atoms with Crippen LogP contribution in [0.1, 0.15) is 42.6 Å². The molecule has 102 valence electrons. The van der Waals surface area contributed by atoms with E-state index in [2.05, 4.69) is 20.4 Å². The van der Waals surface area contributed by atoms with Gasteiger partial charge < -0.3 is 10.2 Å². The summed E-state index contributed by atoms with van der Waals surface area (Å²) >= 11 is 0. The van der Waals surface area contributed by atoms with Crippen molar-refractivity contribution in [3.8, 4) is 0 Å². The van der Waals surface area contributed by atoms with Crippen molar-refractivity contribution in [1.82, 2.24) is 15.5 Å². The largest absolute Gasteiger partial charge is 0.355 e. The minimum Gasteiger partial charge on any atom is -0.355 e. The molecule has 0 atom stereocenters. The third-order valence-corrected chi connectivity index (χ3v) is 3.81. The summed E-state index contributed by atoms with van der Waals surface area (Å²) in [6.45, 7) is 2.86. The van der Waals surface area contributed by atoms with Crippen LogP contribution in [0.25, 0.3) is 0 Å². The number of hydrogen-bond acceptors (Lipinski definition) is 4. The van der Waals surface area contributed by atoms with Crippen molar-refractivity contribution in [2.75, 3.05) is 24.5 Å². The number of hydrogen-bond donors (Lipinski definition) is 1. The second kappa shape index (κ2) is 5.55. The summed E-state index contributed by atoms with van der Waals surface area (Å²) in [4.78, 5) is 14.1. The lowest BCUT2D eigenvalue weighted by Gasteiger charge is -2.27. The van der Waals surface area contributed by atoms with E-state index in [1.165, 1.54) is 32.1 Å². The minimum atomic E-state index is -0.107. The molecule has 0 radical (unpaired) electrons. The molecule has 1 aliphatic heterocycles. The van der Waals surface area contributed by atoms with Crippen molar-refractivity contribution < 1.29 is 4.79 Å². The average Bonchev–Trinajstić information content (AvgIpc) is 3.30. The number of amides is 1. The summed E-state index contributed by atoms with van der Waals surface area (Å²) in [6, 6.07) is 3.68. The van der Waals surface area contributed by atoms with Crippen LogP contribution in [0.3, 0.4) is 0 Å². The van der Waals surface area contributed by atoms with E-state index >= 15 is 0 Å². The highest BCUT2D eigenvalue weighted by atomic mass is 16.1. The number of aromatic nitrogens is 2. The number of carbonyl (C=O) groups is 1. The van der Waals surface area contributed by atoms with Gasteiger partial charge in [-0.3, -0.25) is 4.79 Å². The first kappa shape index (κ1) is 12.4. The van der Waals surface area contributed by atoms with Gasteiger partial charge in [0.2, 0.25) is 0 Å². The third-order valence-electron chi connectivity index (χ3n) is 3.81. The number of piperidine rings is 1. The Labute approximate surface area is 113 Å². The molecule has 1 N–H and O–H groups in total. The molecule has 5 nitrogen and oxygen atoms in total. The molecule has 0 spiro atoms. The smallest absolute Gasteiger partial charge is 0.271 e. The van der Waals surface area contributed by atoms with E-state index in [-0.39, 0.29) is 5.91 Å². The summed E-state index contributed by atoms with van der Waals surface area (Å²) in [7, 11) is 0. The number of nitrogens with one attached hydrogen (secondary N) is 1. The topological polar surface area (TPSA) is 58.1 Å². The van der Waals surface area contributed by atoms with Gasteiger partial charge in [0.25, 0.3) is 5.91 Å². The Balaban J connectivity index is 1.58. The molecule has 0 unspecified atom stereocenters. The molecular weight excluding hydrogens is 240 g/mol. The summed E-state index contributed by atoms with van der Waals surface area (Å²) < 4.78 is 0. The molecule has 5 heteroatoms. The Hall–Kier alpha value is -1.65. The molecule has 2 aliphatic rings. The summed E-state index contributed by atoms with van der Waals surface area (Å²) in [5.74, 6) is 1.47. The zero-order valence-corrected chi connectivity index (χ0v) is 11.1. The first-order valence-electron chi connectivity index (χ1n) is 7.20. The Morgan fingerprint density at radius 2 is 2.00 bits per heavy atom. The van der Waals surface area contributed by atoms with Crippen LogP contribution in [0.2, 0.25) is 0 Å². The van der Waals surface area contributed by atoms with E-state index in [9.17, 15) is 4.79 Å². The maximum absolute atomic E-state index is 11.8. The molecule has 1 amide bonds. The first-order chi connectivity index (χ1) is 9.33. The first-order valence-corrected chi connectivity index (χ1v) is 7.20. The molecule has 1 saturated carbocycles. The van der Waals surface area contributed by atoms with Crippen molar-refractivity contribution in [2.45, 2.75) is 32.1 Å². The van der Waals surface area contributed by atoms with Crippen LogP contribution < -0.4 is 10.2 Å². The second-order valence-corrected chi connectivity index (χ2v) is 5.48. The summed E-state index contributed by atoms with van der Waals surface area (Å²) in [6.07, 6.45) is 6.20. The zero-order valence-electron chi connectivity index (χ0n) is 11.1. The van der Waals surface area contributed by atoms with Crippen molar-refractivity contribution in [2.24, 2.45) is 5.92 Å². The lowest BCUT2D eigenvalue weighted by Crippen LogP contribution is -2.31. The number of carbonyl (C=O) groups excluding carboxylic acids is 1. The molecule has 2 fully saturated rings. The lowest BCUT2D eigenvalue weighted by atomic mass is 10.1. The molecule has 1 saturated heterocycles. The quantitative estimate of drug-likeness (QED) is 0.893. The van der Waals surface area contributed by atoms with Gasteiger partial charge in [0.15, 0.2) is 11.5 Å². The van der Waals surface area contributed by atoms with Gasteiger partial charge >= 0.3 is 0 Å². The fourth-order valence-electron chi connectivity index (χ4n) is 2.39. The van der Waals surface area contributed by atoms with E-state index < -0.39 is 0 Å². The summed E-state index contributed by atoms with van der Waals surface area (Å²) in [5.41, 5.74) is 0.418. The molecule has 3 rings (SSSR count). The fraction of sp³-hybridized carbons (Fsp3) is 0.643. The molecule has 1 aromatic rings. The predicted molar refractivity (Wildman–Crippen MR) is 73.2 cm³/mol. The number of anilines is 1. The monoisotopic (exact) mass is 260 g/mol. The second-order valence-electron chi connectivity index (χ2n) is 5.48. The normalized spacial score (nSPS) is 19.3. The van der Waals surface area contributed by atoms with E-state index in [1.54, 1.807) is 6.07 Å². The van der Waals surface area contributed by atoms with Crippen LogP contribution >= 0.6 is 0 Å². The molecular formula is C14H20N4O. The van der Waals surface area contributed by atoms with E-state index in [0.717, 1.165) is 25.5 Å². The van der Waals surface area contributed by atoms with Gasteiger partial charge in [-0.1, -0.05) is 0 Å². The standard InChI is InChI=1S/C14H20N4O/c19-14(15-10-11-4-5-11)12-6-7-13(17-16-12)18-8-2-1-3-9-18/h6-7,11H,1-5,8-10H2,(H,15,19). The minimum absolute atomic E-state index is 0.107. The van der Waals surface area contributed by atoms with Crippen molar-refractivity contribution in [1.29, 1.82) is 0 Å². The lowest BCUT2D eigenvalue weighted by molar-refractivity contribution is 0.0946. The van der Waals surface area contributed by atoms with Gasteiger partial charge in [0.05, 0.1) is 0 Å². The highest BCUT2D eigenvalue weighted by Crippen LogP contribution is 2.27.